The third-order valence-electron chi connectivity index (χ3n) is 4.45. The number of nitrogens with one attached hydrogen (secondary N) is 1. The van der Waals surface area contributed by atoms with Crippen LogP contribution in [0.1, 0.15) is 28.8 Å². The van der Waals surface area contributed by atoms with Crippen molar-refractivity contribution in [3.63, 3.8) is 0 Å². The number of aromatic nitrogens is 1. The highest BCUT2D eigenvalue weighted by molar-refractivity contribution is 5.94. The van der Waals surface area contributed by atoms with E-state index in [9.17, 15) is 18.0 Å². The molecule has 0 atom stereocenters. The SMILES string of the molecule is O=C(NCCN1CCCC1)c1ccc(-c2ccc(C(F)(F)F)cn2)cc1. The summed E-state index contributed by atoms with van der Waals surface area (Å²) in [6, 6.07) is 9.00. The van der Waals surface area contributed by atoms with Crippen molar-refractivity contribution < 1.29 is 18.0 Å². The second-order valence-electron chi connectivity index (χ2n) is 6.31. The number of hydrogen-bond acceptors (Lipinski definition) is 3. The largest absolute Gasteiger partial charge is 0.417 e. The van der Waals surface area contributed by atoms with Crippen molar-refractivity contribution in [2.45, 2.75) is 19.0 Å². The molecule has 7 heteroatoms. The minimum atomic E-state index is -4.40. The molecule has 1 saturated heterocycles. The molecule has 4 nitrogen and oxygen atoms in total. The maximum absolute atomic E-state index is 12.6. The van der Waals surface area contributed by atoms with Gasteiger partial charge in [0, 0.05) is 30.4 Å². The van der Waals surface area contributed by atoms with Gasteiger partial charge in [0.25, 0.3) is 5.91 Å². The van der Waals surface area contributed by atoms with Crippen molar-refractivity contribution in [3.8, 4) is 11.3 Å². The zero-order valence-electron chi connectivity index (χ0n) is 14.2. The van der Waals surface area contributed by atoms with Crippen molar-refractivity contribution in [2.75, 3.05) is 26.2 Å². The molecule has 2 heterocycles. The molecular formula is C19H20F3N3O. The van der Waals surface area contributed by atoms with Crippen LogP contribution in [0.5, 0.6) is 0 Å². The summed E-state index contributed by atoms with van der Waals surface area (Å²) in [4.78, 5) is 18.3. The van der Waals surface area contributed by atoms with Gasteiger partial charge in [0.1, 0.15) is 0 Å². The molecule has 0 unspecified atom stereocenters. The van der Waals surface area contributed by atoms with Gasteiger partial charge in [0.2, 0.25) is 0 Å². The fraction of sp³-hybridized carbons (Fsp3) is 0.368. The summed E-state index contributed by atoms with van der Waals surface area (Å²) >= 11 is 0. The number of hydrogen-bond donors (Lipinski definition) is 1. The van der Waals surface area contributed by atoms with E-state index in [0.717, 1.165) is 31.9 Å². The van der Waals surface area contributed by atoms with E-state index < -0.39 is 11.7 Å². The smallest absolute Gasteiger partial charge is 0.351 e. The lowest BCUT2D eigenvalue weighted by molar-refractivity contribution is -0.137. The van der Waals surface area contributed by atoms with E-state index in [2.05, 4.69) is 15.2 Å². The Bertz CT molecular complexity index is 736. The molecule has 2 aromatic rings. The summed E-state index contributed by atoms with van der Waals surface area (Å²) in [6.07, 6.45) is -1.16. The Labute approximate surface area is 150 Å². The Balaban J connectivity index is 1.58. The molecule has 1 aromatic heterocycles. The highest BCUT2D eigenvalue weighted by Gasteiger charge is 2.30. The van der Waals surface area contributed by atoms with Crippen LogP contribution in [0.2, 0.25) is 0 Å². The van der Waals surface area contributed by atoms with Gasteiger partial charge in [-0.1, -0.05) is 12.1 Å². The van der Waals surface area contributed by atoms with Crippen molar-refractivity contribution in [3.05, 3.63) is 53.7 Å². The third kappa shape index (κ3) is 4.60. The Morgan fingerprint density at radius 3 is 2.35 bits per heavy atom. The van der Waals surface area contributed by atoms with Crippen LogP contribution in [-0.4, -0.2) is 42.0 Å². The molecule has 1 N–H and O–H groups in total. The number of rotatable bonds is 5. The predicted molar refractivity (Wildman–Crippen MR) is 92.7 cm³/mol. The van der Waals surface area contributed by atoms with Gasteiger partial charge in [-0.2, -0.15) is 13.2 Å². The highest BCUT2D eigenvalue weighted by atomic mass is 19.4. The van der Waals surface area contributed by atoms with E-state index in [-0.39, 0.29) is 5.91 Å². The minimum Gasteiger partial charge on any atom is -0.351 e. The van der Waals surface area contributed by atoms with E-state index in [1.807, 2.05) is 0 Å². The predicted octanol–water partition coefficient (Wildman–Crippen LogP) is 3.59. The Morgan fingerprint density at radius 1 is 1.08 bits per heavy atom. The molecule has 1 amide bonds. The Hall–Kier alpha value is -2.41. The molecule has 0 aliphatic carbocycles. The lowest BCUT2D eigenvalue weighted by Crippen LogP contribution is -2.33. The number of likely N-dealkylation sites (tertiary alicyclic amines) is 1. The molecule has 0 spiro atoms. The first-order chi connectivity index (χ1) is 12.4. The van der Waals surface area contributed by atoms with E-state index in [1.165, 1.54) is 18.9 Å². The lowest BCUT2D eigenvalue weighted by Gasteiger charge is -2.14. The maximum atomic E-state index is 12.6. The molecule has 1 aromatic carbocycles. The standard InChI is InChI=1S/C19H20F3N3O/c20-19(21,22)16-7-8-17(24-13-16)14-3-5-15(6-4-14)18(26)23-9-12-25-10-1-2-11-25/h3-8,13H,1-2,9-12H2,(H,23,26). The lowest BCUT2D eigenvalue weighted by atomic mass is 10.1. The first kappa shape index (κ1) is 18.4. The van der Waals surface area contributed by atoms with E-state index in [0.29, 0.717) is 23.4 Å². The summed E-state index contributed by atoms with van der Waals surface area (Å²) < 4.78 is 37.7. The highest BCUT2D eigenvalue weighted by Crippen LogP contribution is 2.29. The second kappa shape index (κ2) is 7.86. The molecule has 0 bridgehead atoms. The Morgan fingerprint density at radius 2 is 1.77 bits per heavy atom. The number of pyridine rings is 1. The van der Waals surface area contributed by atoms with Gasteiger partial charge < -0.3 is 10.2 Å². The fourth-order valence-corrected chi connectivity index (χ4v) is 2.96. The van der Waals surface area contributed by atoms with Crippen molar-refractivity contribution >= 4 is 5.91 Å². The average Bonchev–Trinajstić information content (AvgIpc) is 3.15. The molecule has 1 aliphatic heterocycles. The van der Waals surface area contributed by atoms with Crippen LogP contribution in [0, 0.1) is 0 Å². The number of carbonyl (C=O) groups excluding carboxylic acids is 1. The van der Waals surface area contributed by atoms with Crippen LogP contribution in [0.15, 0.2) is 42.6 Å². The number of nitrogens with zero attached hydrogens (tertiary/aromatic N) is 2. The zero-order valence-corrected chi connectivity index (χ0v) is 14.2. The topological polar surface area (TPSA) is 45.2 Å². The number of carbonyl (C=O) groups is 1. The summed E-state index contributed by atoms with van der Waals surface area (Å²) in [5.74, 6) is -0.156. The van der Waals surface area contributed by atoms with Crippen LogP contribution >= 0.6 is 0 Å². The van der Waals surface area contributed by atoms with Crippen LogP contribution in [0.3, 0.4) is 0 Å². The van der Waals surface area contributed by atoms with Gasteiger partial charge >= 0.3 is 6.18 Å². The first-order valence-corrected chi connectivity index (χ1v) is 8.58. The molecule has 0 radical (unpaired) electrons. The summed E-state index contributed by atoms with van der Waals surface area (Å²) in [6.45, 7) is 3.62. The molecule has 1 aliphatic rings. The van der Waals surface area contributed by atoms with Crippen molar-refractivity contribution in [2.24, 2.45) is 0 Å². The second-order valence-corrected chi connectivity index (χ2v) is 6.31. The molecular weight excluding hydrogens is 343 g/mol. The molecule has 26 heavy (non-hydrogen) atoms. The molecule has 0 saturated carbocycles. The summed E-state index contributed by atoms with van der Waals surface area (Å²) in [5, 5.41) is 2.89. The number of halogens is 3. The van der Waals surface area contributed by atoms with E-state index in [1.54, 1.807) is 24.3 Å². The average molecular weight is 363 g/mol. The van der Waals surface area contributed by atoms with Crippen LogP contribution in [0.25, 0.3) is 11.3 Å². The number of benzene rings is 1. The third-order valence-corrected chi connectivity index (χ3v) is 4.45. The van der Waals surface area contributed by atoms with Gasteiger partial charge in [0.05, 0.1) is 11.3 Å². The van der Waals surface area contributed by atoms with Gasteiger partial charge in [-0.05, 0) is 50.2 Å². The molecule has 138 valence electrons. The summed E-state index contributed by atoms with van der Waals surface area (Å²) in [5.41, 5.74) is 0.823. The normalized spacial score (nSPS) is 15.2. The van der Waals surface area contributed by atoms with Crippen molar-refractivity contribution in [1.82, 2.24) is 15.2 Å². The molecule has 3 rings (SSSR count). The Kier molecular flexibility index (Phi) is 5.56. The monoisotopic (exact) mass is 363 g/mol. The fourth-order valence-electron chi connectivity index (χ4n) is 2.96. The van der Waals surface area contributed by atoms with Gasteiger partial charge in [-0.15, -0.1) is 0 Å². The van der Waals surface area contributed by atoms with E-state index >= 15 is 0 Å². The molecule has 1 fully saturated rings. The van der Waals surface area contributed by atoms with Crippen molar-refractivity contribution in [1.29, 1.82) is 0 Å². The van der Waals surface area contributed by atoms with Gasteiger partial charge in [0.15, 0.2) is 0 Å². The quantitative estimate of drug-likeness (QED) is 0.883. The van der Waals surface area contributed by atoms with Crippen LogP contribution < -0.4 is 5.32 Å². The number of amides is 1. The van der Waals surface area contributed by atoms with Gasteiger partial charge in [-0.25, -0.2) is 0 Å². The van der Waals surface area contributed by atoms with Gasteiger partial charge in [-0.3, -0.25) is 9.78 Å². The van der Waals surface area contributed by atoms with Crippen LogP contribution in [0.4, 0.5) is 13.2 Å². The van der Waals surface area contributed by atoms with E-state index in [4.69, 9.17) is 0 Å². The number of alkyl halides is 3. The minimum absolute atomic E-state index is 0.156. The van der Waals surface area contributed by atoms with Crippen LogP contribution in [-0.2, 0) is 6.18 Å². The first-order valence-electron chi connectivity index (χ1n) is 8.58. The maximum Gasteiger partial charge on any atom is 0.417 e. The zero-order chi connectivity index (χ0) is 18.6. The summed E-state index contributed by atoms with van der Waals surface area (Å²) in [7, 11) is 0.